The molecule has 4 heteroatoms. The second-order valence-electron chi connectivity index (χ2n) is 5.39. The van der Waals surface area contributed by atoms with Gasteiger partial charge in [0.1, 0.15) is 5.76 Å². The van der Waals surface area contributed by atoms with Crippen LogP contribution in [0.4, 0.5) is 5.69 Å². The van der Waals surface area contributed by atoms with E-state index in [2.05, 4.69) is 21.2 Å². The van der Waals surface area contributed by atoms with Gasteiger partial charge in [0.2, 0.25) is 0 Å². The van der Waals surface area contributed by atoms with Gasteiger partial charge in [-0.2, -0.15) is 0 Å². The Morgan fingerprint density at radius 2 is 1.61 bits per heavy atom. The SMILES string of the molecule is Cc1cccc(C)c1NC(=O)c1ccc(-c2ccc(Br)cc2)o1. The molecule has 0 aliphatic carbocycles. The first-order valence-electron chi connectivity index (χ1n) is 7.28. The van der Waals surface area contributed by atoms with E-state index in [1.165, 1.54) is 0 Å². The zero-order valence-corrected chi connectivity index (χ0v) is 14.5. The lowest BCUT2D eigenvalue weighted by Gasteiger charge is -2.10. The summed E-state index contributed by atoms with van der Waals surface area (Å²) in [4.78, 5) is 12.4. The highest BCUT2D eigenvalue weighted by Crippen LogP contribution is 2.25. The number of aryl methyl sites for hydroxylation is 2. The molecule has 0 unspecified atom stereocenters. The minimum atomic E-state index is -0.245. The average molecular weight is 370 g/mol. The van der Waals surface area contributed by atoms with E-state index < -0.39 is 0 Å². The standard InChI is InChI=1S/C19H16BrNO2/c1-12-4-3-5-13(2)18(12)21-19(22)17-11-10-16(23-17)14-6-8-15(20)9-7-14/h3-11H,1-2H3,(H,21,22). The number of benzene rings is 2. The van der Waals surface area contributed by atoms with E-state index in [1.54, 1.807) is 6.07 Å². The van der Waals surface area contributed by atoms with Gasteiger partial charge in [-0.15, -0.1) is 0 Å². The van der Waals surface area contributed by atoms with Crippen LogP contribution in [0, 0.1) is 13.8 Å². The van der Waals surface area contributed by atoms with Gasteiger partial charge in [0.15, 0.2) is 5.76 Å². The Balaban J connectivity index is 1.83. The first kappa shape index (κ1) is 15.6. The molecule has 0 saturated heterocycles. The average Bonchev–Trinajstić information content (AvgIpc) is 3.02. The van der Waals surface area contributed by atoms with Crippen molar-refractivity contribution in [3.63, 3.8) is 0 Å². The highest BCUT2D eigenvalue weighted by Gasteiger charge is 2.14. The van der Waals surface area contributed by atoms with Gasteiger partial charge in [0.05, 0.1) is 0 Å². The van der Waals surface area contributed by atoms with Crippen LogP contribution in [0.25, 0.3) is 11.3 Å². The quantitative estimate of drug-likeness (QED) is 0.654. The van der Waals surface area contributed by atoms with Crippen LogP contribution < -0.4 is 5.32 Å². The van der Waals surface area contributed by atoms with Gasteiger partial charge in [0.25, 0.3) is 5.91 Å². The summed E-state index contributed by atoms with van der Waals surface area (Å²) >= 11 is 3.40. The van der Waals surface area contributed by atoms with Gasteiger partial charge in [-0.1, -0.05) is 46.3 Å². The van der Waals surface area contributed by atoms with E-state index in [-0.39, 0.29) is 5.91 Å². The Bertz CT molecular complexity index is 830. The molecule has 0 aliphatic heterocycles. The fraction of sp³-hybridized carbons (Fsp3) is 0.105. The molecular weight excluding hydrogens is 354 g/mol. The number of para-hydroxylation sites is 1. The molecule has 0 atom stereocenters. The van der Waals surface area contributed by atoms with Gasteiger partial charge in [-0.3, -0.25) is 4.79 Å². The van der Waals surface area contributed by atoms with Gasteiger partial charge in [0, 0.05) is 15.7 Å². The number of hydrogen-bond acceptors (Lipinski definition) is 2. The number of anilines is 1. The molecule has 0 saturated carbocycles. The Morgan fingerprint density at radius 1 is 0.957 bits per heavy atom. The Morgan fingerprint density at radius 3 is 2.26 bits per heavy atom. The largest absolute Gasteiger partial charge is 0.451 e. The van der Waals surface area contributed by atoms with Crippen molar-refractivity contribution in [2.45, 2.75) is 13.8 Å². The molecule has 3 rings (SSSR count). The zero-order chi connectivity index (χ0) is 16.4. The minimum Gasteiger partial charge on any atom is -0.451 e. The van der Waals surface area contributed by atoms with Gasteiger partial charge in [-0.25, -0.2) is 0 Å². The first-order chi connectivity index (χ1) is 11.0. The number of nitrogens with one attached hydrogen (secondary N) is 1. The fourth-order valence-electron chi connectivity index (χ4n) is 2.42. The summed E-state index contributed by atoms with van der Waals surface area (Å²) in [6.07, 6.45) is 0. The molecule has 1 amide bonds. The molecule has 2 aromatic carbocycles. The molecule has 0 spiro atoms. The highest BCUT2D eigenvalue weighted by atomic mass is 79.9. The van der Waals surface area contributed by atoms with Crippen LogP contribution in [0.3, 0.4) is 0 Å². The van der Waals surface area contributed by atoms with Crippen molar-refractivity contribution in [2.24, 2.45) is 0 Å². The molecule has 1 heterocycles. The van der Waals surface area contributed by atoms with Crippen molar-refractivity contribution in [1.29, 1.82) is 0 Å². The molecule has 0 aliphatic rings. The van der Waals surface area contributed by atoms with Crippen LogP contribution in [0.5, 0.6) is 0 Å². The summed E-state index contributed by atoms with van der Waals surface area (Å²) < 4.78 is 6.70. The number of amides is 1. The summed E-state index contributed by atoms with van der Waals surface area (Å²) in [6, 6.07) is 17.2. The molecular formula is C19H16BrNO2. The molecule has 1 aromatic heterocycles. The van der Waals surface area contributed by atoms with Crippen molar-refractivity contribution >= 4 is 27.5 Å². The molecule has 0 fully saturated rings. The van der Waals surface area contributed by atoms with Crippen LogP contribution in [0.2, 0.25) is 0 Å². The fourth-order valence-corrected chi connectivity index (χ4v) is 2.68. The van der Waals surface area contributed by atoms with E-state index in [9.17, 15) is 4.79 Å². The Hall–Kier alpha value is -2.33. The maximum atomic E-state index is 12.4. The smallest absolute Gasteiger partial charge is 0.291 e. The third kappa shape index (κ3) is 3.37. The summed E-state index contributed by atoms with van der Waals surface area (Å²) in [5, 5.41) is 2.93. The summed E-state index contributed by atoms with van der Waals surface area (Å²) in [5.74, 6) is 0.723. The molecule has 23 heavy (non-hydrogen) atoms. The maximum absolute atomic E-state index is 12.4. The lowest BCUT2D eigenvalue weighted by molar-refractivity contribution is 0.0997. The van der Waals surface area contributed by atoms with Gasteiger partial charge >= 0.3 is 0 Å². The molecule has 116 valence electrons. The number of halogens is 1. The molecule has 3 aromatic rings. The summed E-state index contributed by atoms with van der Waals surface area (Å²) in [7, 11) is 0. The van der Waals surface area contributed by atoms with Crippen LogP contribution in [-0.4, -0.2) is 5.91 Å². The van der Waals surface area contributed by atoms with Crippen LogP contribution in [0.15, 0.2) is 63.5 Å². The van der Waals surface area contributed by atoms with E-state index in [4.69, 9.17) is 4.42 Å². The van der Waals surface area contributed by atoms with E-state index in [0.29, 0.717) is 11.5 Å². The van der Waals surface area contributed by atoms with Crippen LogP contribution in [-0.2, 0) is 0 Å². The number of carbonyl (C=O) groups excluding carboxylic acids is 1. The Kier molecular flexibility index (Phi) is 4.35. The highest BCUT2D eigenvalue weighted by molar-refractivity contribution is 9.10. The third-order valence-corrected chi connectivity index (χ3v) is 4.21. The number of furan rings is 1. The van der Waals surface area contributed by atoms with Crippen LogP contribution in [0.1, 0.15) is 21.7 Å². The molecule has 3 nitrogen and oxygen atoms in total. The summed E-state index contributed by atoms with van der Waals surface area (Å²) in [6.45, 7) is 3.94. The van der Waals surface area contributed by atoms with Gasteiger partial charge in [-0.05, 0) is 49.2 Å². The molecule has 1 N–H and O–H groups in total. The molecule has 0 bridgehead atoms. The minimum absolute atomic E-state index is 0.245. The number of rotatable bonds is 3. The third-order valence-electron chi connectivity index (χ3n) is 3.68. The topological polar surface area (TPSA) is 42.2 Å². The van der Waals surface area contributed by atoms with Crippen LogP contribution >= 0.6 is 15.9 Å². The normalized spacial score (nSPS) is 10.6. The van der Waals surface area contributed by atoms with E-state index in [0.717, 1.165) is 26.9 Å². The first-order valence-corrected chi connectivity index (χ1v) is 8.07. The Labute approximate surface area is 143 Å². The predicted octanol–water partition coefficient (Wildman–Crippen LogP) is 5.58. The van der Waals surface area contributed by atoms with E-state index >= 15 is 0 Å². The lowest BCUT2D eigenvalue weighted by Crippen LogP contribution is -2.12. The lowest BCUT2D eigenvalue weighted by atomic mass is 10.1. The van der Waals surface area contributed by atoms with Gasteiger partial charge < -0.3 is 9.73 Å². The second-order valence-corrected chi connectivity index (χ2v) is 6.31. The van der Waals surface area contributed by atoms with Crippen molar-refractivity contribution in [1.82, 2.24) is 0 Å². The number of carbonyl (C=O) groups is 1. The zero-order valence-electron chi connectivity index (χ0n) is 12.9. The number of hydrogen-bond donors (Lipinski definition) is 1. The second kappa shape index (κ2) is 6.42. The monoisotopic (exact) mass is 369 g/mol. The van der Waals surface area contributed by atoms with Crippen molar-refractivity contribution in [3.8, 4) is 11.3 Å². The molecule has 0 radical (unpaired) electrons. The van der Waals surface area contributed by atoms with Crippen molar-refractivity contribution in [3.05, 3.63) is 76.0 Å². The van der Waals surface area contributed by atoms with Crippen molar-refractivity contribution in [2.75, 3.05) is 5.32 Å². The predicted molar refractivity (Wildman–Crippen MR) is 95.7 cm³/mol. The van der Waals surface area contributed by atoms with E-state index in [1.807, 2.05) is 62.4 Å². The van der Waals surface area contributed by atoms with Crippen molar-refractivity contribution < 1.29 is 9.21 Å². The maximum Gasteiger partial charge on any atom is 0.291 e. The summed E-state index contributed by atoms with van der Waals surface area (Å²) in [5.41, 5.74) is 3.81.